The number of carbonyl (C=O) groups excluding carboxylic acids is 1. The van der Waals surface area contributed by atoms with Crippen LogP contribution in [-0.4, -0.2) is 11.4 Å². The Bertz CT molecular complexity index is 414. The monoisotopic (exact) mass is 296 g/mol. The Balaban J connectivity index is 2.20. The van der Waals surface area contributed by atoms with Gasteiger partial charge in [0.05, 0.1) is 0 Å². The van der Waals surface area contributed by atoms with Gasteiger partial charge in [-0.25, -0.2) is 0 Å². The van der Waals surface area contributed by atoms with Crippen LogP contribution >= 0.6 is 15.9 Å². The van der Waals surface area contributed by atoms with Gasteiger partial charge in [-0.3, -0.25) is 4.79 Å². The van der Waals surface area contributed by atoms with Crippen LogP contribution in [0, 0.1) is 0 Å². The van der Waals surface area contributed by atoms with Crippen LogP contribution in [0.3, 0.4) is 0 Å². The van der Waals surface area contributed by atoms with E-state index in [1.54, 1.807) is 0 Å². The van der Waals surface area contributed by atoms with E-state index in [1.165, 1.54) is 6.42 Å². The van der Waals surface area contributed by atoms with E-state index in [4.69, 9.17) is 5.73 Å². The number of amides is 1. The lowest BCUT2D eigenvalue weighted by molar-refractivity contribution is -0.123. The van der Waals surface area contributed by atoms with Gasteiger partial charge in [-0.1, -0.05) is 41.3 Å². The highest BCUT2D eigenvalue weighted by Crippen LogP contribution is 2.32. The number of benzene rings is 1. The Kier molecular flexibility index (Phi) is 3.72. The summed E-state index contributed by atoms with van der Waals surface area (Å²) < 4.78 is 0.998. The molecule has 1 aliphatic carbocycles. The van der Waals surface area contributed by atoms with E-state index in [0.29, 0.717) is 0 Å². The molecule has 0 aliphatic heterocycles. The summed E-state index contributed by atoms with van der Waals surface area (Å²) in [6, 6.07) is 7.84. The lowest BCUT2D eigenvalue weighted by Crippen LogP contribution is -2.51. The maximum Gasteiger partial charge on any atom is 0.243 e. The van der Waals surface area contributed by atoms with Gasteiger partial charge >= 0.3 is 0 Å². The normalized spacial score (nSPS) is 18.6. The van der Waals surface area contributed by atoms with Gasteiger partial charge in [-0.15, -0.1) is 0 Å². The first-order chi connectivity index (χ1) is 8.12. The summed E-state index contributed by atoms with van der Waals surface area (Å²) in [6.07, 6.45) is 4.97. The molecule has 0 unspecified atom stereocenters. The molecule has 3 nitrogen and oxygen atoms in total. The van der Waals surface area contributed by atoms with Crippen LogP contribution in [0.2, 0.25) is 0 Å². The standard InChI is InChI=1S/C13H17BrN2O/c14-10-5-4-6-11(9-10)16-13(12(15)17)7-2-1-3-8-13/h4-6,9,16H,1-3,7-8H2,(H2,15,17). The number of carbonyl (C=O) groups is 1. The van der Waals surface area contributed by atoms with Crippen molar-refractivity contribution in [3.05, 3.63) is 28.7 Å². The third kappa shape index (κ3) is 2.80. The van der Waals surface area contributed by atoms with E-state index >= 15 is 0 Å². The second kappa shape index (κ2) is 5.08. The molecule has 0 aromatic heterocycles. The van der Waals surface area contributed by atoms with Gasteiger partial charge in [-0.2, -0.15) is 0 Å². The molecule has 2 rings (SSSR count). The van der Waals surface area contributed by atoms with E-state index < -0.39 is 5.54 Å². The topological polar surface area (TPSA) is 55.1 Å². The maximum absolute atomic E-state index is 11.7. The second-order valence-corrected chi connectivity index (χ2v) is 5.56. The number of nitrogens with two attached hydrogens (primary N) is 1. The fourth-order valence-electron chi connectivity index (χ4n) is 2.43. The average molecular weight is 297 g/mol. The zero-order valence-corrected chi connectivity index (χ0v) is 11.3. The molecule has 0 radical (unpaired) electrons. The van der Waals surface area contributed by atoms with Gasteiger partial charge in [0.25, 0.3) is 0 Å². The molecule has 0 atom stereocenters. The van der Waals surface area contributed by atoms with Crippen molar-refractivity contribution >= 4 is 27.5 Å². The van der Waals surface area contributed by atoms with Crippen molar-refractivity contribution in [2.24, 2.45) is 5.73 Å². The summed E-state index contributed by atoms with van der Waals surface area (Å²) in [5.41, 5.74) is 5.96. The molecule has 0 bridgehead atoms. The Morgan fingerprint density at radius 2 is 2.00 bits per heavy atom. The molecule has 3 N–H and O–H groups in total. The maximum atomic E-state index is 11.7. The van der Waals surface area contributed by atoms with Gasteiger partial charge in [0.2, 0.25) is 5.91 Å². The first-order valence-electron chi connectivity index (χ1n) is 5.96. The summed E-state index contributed by atoms with van der Waals surface area (Å²) in [6.45, 7) is 0. The molecule has 1 aromatic rings. The van der Waals surface area contributed by atoms with Crippen LogP contribution in [0.1, 0.15) is 32.1 Å². The number of hydrogen-bond donors (Lipinski definition) is 2. The van der Waals surface area contributed by atoms with Gasteiger partial charge in [0, 0.05) is 10.2 Å². The summed E-state index contributed by atoms with van der Waals surface area (Å²) in [5, 5.41) is 3.33. The first kappa shape index (κ1) is 12.4. The molecule has 1 aromatic carbocycles. The van der Waals surface area contributed by atoms with Crippen molar-refractivity contribution < 1.29 is 4.79 Å². The number of hydrogen-bond acceptors (Lipinski definition) is 2. The lowest BCUT2D eigenvalue weighted by atomic mass is 9.81. The van der Waals surface area contributed by atoms with E-state index in [-0.39, 0.29) is 5.91 Å². The number of primary amides is 1. The summed E-state index contributed by atoms with van der Waals surface area (Å²) in [7, 11) is 0. The molecule has 0 heterocycles. The van der Waals surface area contributed by atoms with Crippen LogP contribution in [0.25, 0.3) is 0 Å². The van der Waals surface area contributed by atoms with Gasteiger partial charge < -0.3 is 11.1 Å². The number of rotatable bonds is 3. The minimum absolute atomic E-state index is 0.239. The van der Waals surface area contributed by atoms with E-state index in [1.807, 2.05) is 24.3 Å². The highest BCUT2D eigenvalue weighted by Gasteiger charge is 2.37. The van der Waals surface area contributed by atoms with E-state index in [2.05, 4.69) is 21.2 Å². The number of nitrogens with one attached hydrogen (secondary N) is 1. The quantitative estimate of drug-likeness (QED) is 0.901. The predicted molar refractivity (Wildman–Crippen MR) is 72.8 cm³/mol. The highest BCUT2D eigenvalue weighted by molar-refractivity contribution is 9.10. The third-order valence-electron chi connectivity index (χ3n) is 3.39. The Morgan fingerprint density at radius 1 is 1.29 bits per heavy atom. The van der Waals surface area contributed by atoms with Crippen molar-refractivity contribution in [2.75, 3.05) is 5.32 Å². The molecule has 17 heavy (non-hydrogen) atoms. The zero-order valence-electron chi connectivity index (χ0n) is 9.71. The first-order valence-corrected chi connectivity index (χ1v) is 6.75. The molecule has 0 spiro atoms. The van der Waals surface area contributed by atoms with Crippen molar-refractivity contribution in [1.82, 2.24) is 0 Å². The average Bonchev–Trinajstić information content (AvgIpc) is 2.30. The lowest BCUT2D eigenvalue weighted by Gasteiger charge is -2.36. The molecular weight excluding hydrogens is 280 g/mol. The van der Waals surface area contributed by atoms with Crippen LogP contribution in [0.15, 0.2) is 28.7 Å². The van der Waals surface area contributed by atoms with Crippen LogP contribution in [0.5, 0.6) is 0 Å². The summed E-state index contributed by atoms with van der Waals surface area (Å²) in [5.74, 6) is -0.239. The molecule has 92 valence electrons. The molecule has 4 heteroatoms. The van der Waals surface area contributed by atoms with Crippen LogP contribution < -0.4 is 11.1 Å². The van der Waals surface area contributed by atoms with E-state index in [9.17, 15) is 4.79 Å². The zero-order chi connectivity index (χ0) is 12.3. The largest absolute Gasteiger partial charge is 0.371 e. The predicted octanol–water partition coefficient (Wildman–Crippen LogP) is 3.05. The SMILES string of the molecule is NC(=O)C1(Nc2cccc(Br)c2)CCCCC1. The minimum Gasteiger partial charge on any atom is -0.371 e. The molecule has 1 aliphatic rings. The van der Waals surface area contributed by atoms with E-state index in [0.717, 1.165) is 35.8 Å². The minimum atomic E-state index is -0.557. The number of halogens is 1. The fraction of sp³-hybridized carbons (Fsp3) is 0.462. The molecular formula is C13H17BrN2O. The second-order valence-electron chi connectivity index (χ2n) is 4.64. The Hall–Kier alpha value is -1.03. The third-order valence-corrected chi connectivity index (χ3v) is 3.88. The molecule has 1 amide bonds. The summed E-state index contributed by atoms with van der Waals surface area (Å²) in [4.78, 5) is 11.7. The fourth-order valence-corrected chi connectivity index (χ4v) is 2.83. The Morgan fingerprint density at radius 3 is 2.59 bits per heavy atom. The van der Waals surface area contributed by atoms with Gasteiger partial charge in [0.15, 0.2) is 0 Å². The van der Waals surface area contributed by atoms with Crippen molar-refractivity contribution in [3.63, 3.8) is 0 Å². The smallest absolute Gasteiger partial charge is 0.243 e. The molecule has 1 fully saturated rings. The van der Waals surface area contributed by atoms with Crippen LogP contribution in [0.4, 0.5) is 5.69 Å². The highest BCUT2D eigenvalue weighted by atomic mass is 79.9. The Labute approximate surface area is 110 Å². The van der Waals surface area contributed by atoms with Crippen LogP contribution in [-0.2, 0) is 4.79 Å². The van der Waals surface area contributed by atoms with Gasteiger partial charge in [0.1, 0.15) is 5.54 Å². The molecule has 0 saturated heterocycles. The number of anilines is 1. The van der Waals surface area contributed by atoms with Crippen molar-refractivity contribution in [1.29, 1.82) is 0 Å². The summed E-state index contributed by atoms with van der Waals surface area (Å²) >= 11 is 3.43. The molecule has 1 saturated carbocycles. The van der Waals surface area contributed by atoms with Gasteiger partial charge in [-0.05, 0) is 31.0 Å². The van der Waals surface area contributed by atoms with Crippen molar-refractivity contribution in [2.45, 2.75) is 37.6 Å². The van der Waals surface area contributed by atoms with Crippen molar-refractivity contribution in [3.8, 4) is 0 Å².